The van der Waals surface area contributed by atoms with E-state index in [1.807, 2.05) is 0 Å². The summed E-state index contributed by atoms with van der Waals surface area (Å²) in [4.78, 5) is 0. The van der Waals surface area contributed by atoms with E-state index in [1.165, 1.54) is 0 Å². The molecule has 0 aromatic rings. The maximum atomic E-state index is 3.53. The number of hydrogen-bond donors (Lipinski definition) is 0. The molecule has 0 saturated heterocycles. The SMILES string of the molecule is CC[C@](C)(Br)CBr. The van der Waals surface area contributed by atoms with Crippen molar-refractivity contribution in [3.05, 3.63) is 0 Å². The van der Waals surface area contributed by atoms with Crippen LogP contribution in [0.2, 0.25) is 0 Å². The zero-order valence-corrected chi connectivity index (χ0v) is 7.84. The minimum atomic E-state index is 0.313. The van der Waals surface area contributed by atoms with Crippen LogP contribution in [0.4, 0.5) is 0 Å². The summed E-state index contributed by atoms with van der Waals surface area (Å²) in [5.41, 5.74) is 0. The van der Waals surface area contributed by atoms with Gasteiger partial charge in [0.15, 0.2) is 0 Å². The lowest BCUT2D eigenvalue weighted by Gasteiger charge is -2.14. The van der Waals surface area contributed by atoms with Crippen LogP contribution in [-0.2, 0) is 0 Å². The summed E-state index contributed by atoms with van der Waals surface area (Å²) in [5.74, 6) is 0. The highest BCUT2D eigenvalue weighted by Gasteiger charge is 2.13. The van der Waals surface area contributed by atoms with Crippen molar-refractivity contribution >= 4 is 31.9 Å². The summed E-state index contributed by atoms with van der Waals surface area (Å²) >= 11 is 6.92. The fraction of sp³-hybridized carbons (Fsp3) is 1.00. The molecule has 0 N–H and O–H groups in total. The van der Waals surface area contributed by atoms with E-state index in [4.69, 9.17) is 0 Å². The number of halogens is 2. The molecule has 0 spiro atoms. The first-order chi connectivity index (χ1) is 3.12. The monoisotopic (exact) mass is 228 g/mol. The Kier molecular flexibility index (Phi) is 3.50. The predicted molar refractivity (Wildman–Crippen MR) is 41.4 cm³/mol. The van der Waals surface area contributed by atoms with Crippen molar-refractivity contribution in [3.63, 3.8) is 0 Å². The molecule has 1 atom stereocenters. The second-order valence-electron chi connectivity index (χ2n) is 1.90. The molecule has 0 rings (SSSR count). The second-order valence-corrected chi connectivity index (χ2v) is 4.38. The van der Waals surface area contributed by atoms with Crippen LogP contribution in [0.3, 0.4) is 0 Å². The van der Waals surface area contributed by atoms with Crippen molar-refractivity contribution in [3.8, 4) is 0 Å². The van der Waals surface area contributed by atoms with Crippen LogP contribution in [0.5, 0.6) is 0 Å². The quantitative estimate of drug-likeness (QED) is 0.639. The van der Waals surface area contributed by atoms with Crippen LogP contribution < -0.4 is 0 Å². The van der Waals surface area contributed by atoms with Gasteiger partial charge in [-0.2, -0.15) is 0 Å². The third kappa shape index (κ3) is 3.53. The van der Waals surface area contributed by atoms with Crippen LogP contribution in [0, 0.1) is 0 Å². The Morgan fingerprint density at radius 2 is 2.00 bits per heavy atom. The van der Waals surface area contributed by atoms with Gasteiger partial charge in [0.2, 0.25) is 0 Å². The van der Waals surface area contributed by atoms with Gasteiger partial charge in [0.25, 0.3) is 0 Å². The van der Waals surface area contributed by atoms with Crippen LogP contribution in [0.15, 0.2) is 0 Å². The molecule has 2 heteroatoms. The Labute approximate surface area is 61.9 Å². The van der Waals surface area contributed by atoms with E-state index >= 15 is 0 Å². The molecule has 7 heavy (non-hydrogen) atoms. The molecule has 44 valence electrons. The Balaban J connectivity index is 3.36. The summed E-state index contributed by atoms with van der Waals surface area (Å²) < 4.78 is 0.313. The highest BCUT2D eigenvalue weighted by atomic mass is 79.9. The average molecular weight is 230 g/mol. The van der Waals surface area contributed by atoms with E-state index in [0.29, 0.717) is 4.32 Å². The number of alkyl halides is 2. The van der Waals surface area contributed by atoms with E-state index in [-0.39, 0.29) is 0 Å². The Hall–Kier alpha value is 0.960. The molecule has 0 aliphatic carbocycles. The van der Waals surface area contributed by atoms with Gasteiger partial charge in [-0.3, -0.25) is 0 Å². The molecule has 0 heterocycles. The van der Waals surface area contributed by atoms with Gasteiger partial charge in [-0.25, -0.2) is 0 Å². The third-order valence-electron chi connectivity index (χ3n) is 1.02. The van der Waals surface area contributed by atoms with Crippen molar-refractivity contribution in [1.29, 1.82) is 0 Å². The van der Waals surface area contributed by atoms with E-state index in [2.05, 4.69) is 45.7 Å². The molecule has 0 unspecified atom stereocenters. The second kappa shape index (κ2) is 3.08. The van der Waals surface area contributed by atoms with Crippen LogP contribution in [0.1, 0.15) is 20.3 Å². The zero-order chi connectivity index (χ0) is 5.91. The standard InChI is InChI=1S/C5H10Br2/c1-3-5(2,7)4-6/h3-4H2,1-2H3/t5-/m0/s1. The minimum absolute atomic E-state index is 0.313. The smallest absolute Gasteiger partial charge is 0.0323 e. The molecule has 0 aliphatic rings. The van der Waals surface area contributed by atoms with Gasteiger partial charge < -0.3 is 0 Å². The predicted octanol–water partition coefficient (Wildman–Crippen LogP) is 2.94. The Morgan fingerprint density at radius 1 is 1.57 bits per heavy atom. The average Bonchev–Trinajstić information content (AvgIpc) is 1.68. The van der Waals surface area contributed by atoms with Crippen molar-refractivity contribution in [2.45, 2.75) is 24.6 Å². The molecule has 0 aliphatic heterocycles. The lowest BCUT2D eigenvalue weighted by atomic mass is 10.2. The highest BCUT2D eigenvalue weighted by Crippen LogP contribution is 2.22. The zero-order valence-electron chi connectivity index (χ0n) is 4.67. The van der Waals surface area contributed by atoms with Crippen molar-refractivity contribution < 1.29 is 0 Å². The molecular formula is C5H10Br2. The van der Waals surface area contributed by atoms with Crippen LogP contribution in [-0.4, -0.2) is 9.65 Å². The van der Waals surface area contributed by atoms with Gasteiger partial charge in [-0.15, -0.1) is 0 Å². The third-order valence-corrected chi connectivity index (χ3v) is 3.85. The molecule has 0 radical (unpaired) electrons. The highest BCUT2D eigenvalue weighted by molar-refractivity contribution is 9.12. The molecule has 0 aromatic heterocycles. The molecule has 0 bridgehead atoms. The molecule has 0 fully saturated rings. The number of rotatable bonds is 2. The van der Waals surface area contributed by atoms with Gasteiger partial charge in [0.1, 0.15) is 0 Å². The molecule has 0 aromatic carbocycles. The first kappa shape index (κ1) is 7.96. The van der Waals surface area contributed by atoms with Gasteiger partial charge in [-0.05, 0) is 13.3 Å². The lowest BCUT2D eigenvalue weighted by molar-refractivity contribution is 0.716. The summed E-state index contributed by atoms with van der Waals surface area (Å²) in [6.07, 6.45) is 1.16. The van der Waals surface area contributed by atoms with Crippen LogP contribution in [0.25, 0.3) is 0 Å². The Morgan fingerprint density at radius 3 is 2.00 bits per heavy atom. The first-order valence-corrected chi connectivity index (χ1v) is 4.28. The normalized spacial score (nSPS) is 18.9. The van der Waals surface area contributed by atoms with Crippen molar-refractivity contribution in [2.24, 2.45) is 0 Å². The van der Waals surface area contributed by atoms with Gasteiger partial charge in [0.05, 0.1) is 0 Å². The fourth-order valence-electron chi connectivity index (χ4n) is 0.0945. The van der Waals surface area contributed by atoms with Gasteiger partial charge >= 0.3 is 0 Å². The maximum absolute atomic E-state index is 3.53. The molecule has 0 amide bonds. The van der Waals surface area contributed by atoms with Crippen molar-refractivity contribution in [1.82, 2.24) is 0 Å². The largest absolute Gasteiger partial charge is 0.0913 e. The topological polar surface area (TPSA) is 0 Å². The van der Waals surface area contributed by atoms with Crippen molar-refractivity contribution in [2.75, 3.05) is 5.33 Å². The van der Waals surface area contributed by atoms with Gasteiger partial charge in [-0.1, -0.05) is 38.8 Å². The first-order valence-electron chi connectivity index (χ1n) is 2.37. The summed E-state index contributed by atoms with van der Waals surface area (Å²) in [6, 6.07) is 0. The lowest BCUT2D eigenvalue weighted by Crippen LogP contribution is -2.14. The van der Waals surface area contributed by atoms with E-state index < -0.39 is 0 Å². The Bertz CT molecular complexity index is 44.0. The molecule has 0 nitrogen and oxygen atoms in total. The molecule has 0 saturated carbocycles. The number of hydrogen-bond acceptors (Lipinski definition) is 0. The van der Waals surface area contributed by atoms with E-state index in [1.54, 1.807) is 0 Å². The van der Waals surface area contributed by atoms with E-state index in [9.17, 15) is 0 Å². The summed E-state index contributed by atoms with van der Waals surface area (Å²) in [6.45, 7) is 4.33. The maximum Gasteiger partial charge on any atom is 0.0323 e. The van der Waals surface area contributed by atoms with Crippen LogP contribution >= 0.6 is 31.9 Å². The van der Waals surface area contributed by atoms with Gasteiger partial charge in [0, 0.05) is 9.65 Å². The summed E-state index contributed by atoms with van der Waals surface area (Å²) in [7, 11) is 0. The molecular weight excluding hydrogens is 220 g/mol. The fourth-order valence-corrected chi connectivity index (χ4v) is 0.491. The minimum Gasteiger partial charge on any atom is -0.0913 e. The van der Waals surface area contributed by atoms with E-state index in [0.717, 1.165) is 11.8 Å². The summed E-state index contributed by atoms with van der Waals surface area (Å²) in [5, 5.41) is 1.02.